The Morgan fingerprint density at radius 3 is 2.03 bits per heavy atom. The van der Waals surface area contributed by atoms with Gasteiger partial charge in [0.05, 0.1) is 31.2 Å². The molecule has 0 aliphatic rings. The molecule has 0 radical (unpaired) electrons. The summed E-state index contributed by atoms with van der Waals surface area (Å²) in [5, 5.41) is 58.4. The number of carboxylic acids is 1. The van der Waals surface area contributed by atoms with Crippen LogP contribution in [0, 0.1) is 11.8 Å². The second-order valence-corrected chi connectivity index (χ2v) is 10.3. The highest BCUT2D eigenvalue weighted by Crippen LogP contribution is 2.18. The van der Waals surface area contributed by atoms with Gasteiger partial charge in [-0.15, -0.1) is 0 Å². The summed E-state index contributed by atoms with van der Waals surface area (Å²) in [5.41, 5.74) is 6.53. The van der Waals surface area contributed by atoms with Crippen molar-refractivity contribution in [1.29, 1.82) is 0 Å². The highest BCUT2D eigenvalue weighted by molar-refractivity contribution is 5.83. The van der Waals surface area contributed by atoms with Crippen molar-refractivity contribution in [3.8, 4) is 0 Å². The standard InChI is InChI=1S/C26H44N4O8/c1-14(2)10-19(28-12-17(27)15(3)4)25(37)30-20(13-31)22(34)23(35)24(36)26(38)29-18(11-21(32)33)16-8-6-5-7-9-16/h5-9,14-15,17-20,22-24,28,31,34-36H,10-13,27H2,1-4H3,(H,29,38)(H,30,37)(H,32,33). The summed E-state index contributed by atoms with van der Waals surface area (Å²) in [6.45, 7) is 7.32. The number of benzene rings is 1. The van der Waals surface area contributed by atoms with Crippen LogP contribution in [0.3, 0.4) is 0 Å². The molecule has 216 valence electrons. The van der Waals surface area contributed by atoms with Crippen molar-refractivity contribution in [2.24, 2.45) is 17.6 Å². The van der Waals surface area contributed by atoms with Gasteiger partial charge in [0.2, 0.25) is 5.91 Å². The zero-order valence-corrected chi connectivity index (χ0v) is 22.4. The number of carboxylic acid groups (broad SMARTS) is 1. The molecular formula is C26H44N4O8. The number of aliphatic hydroxyl groups is 4. The van der Waals surface area contributed by atoms with Crippen LogP contribution in [0.15, 0.2) is 30.3 Å². The minimum Gasteiger partial charge on any atom is -0.481 e. The lowest BCUT2D eigenvalue weighted by Crippen LogP contribution is -2.59. The van der Waals surface area contributed by atoms with Gasteiger partial charge in [0.1, 0.15) is 12.2 Å². The van der Waals surface area contributed by atoms with E-state index in [9.17, 15) is 39.9 Å². The Hall–Kier alpha value is -2.61. The number of hydrogen-bond acceptors (Lipinski definition) is 9. The van der Waals surface area contributed by atoms with Gasteiger partial charge < -0.3 is 47.2 Å². The molecule has 12 nitrogen and oxygen atoms in total. The van der Waals surface area contributed by atoms with Crippen LogP contribution in [0.25, 0.3) is 0 Å². The topological polar surface area (TPSA) is 214 Å². The molecule has 0 fully saturated rings. The molecule has 0 saturated heterocycles. The lowest BCUT2D eigenvalue weighted by molar-refractivity contribution is -0.145. The number of rotatable bonds is 17. The van der Waals surface area contributed by atoms with Crippen molar-refractivity contribution >= 4 is 17.8 Å². The van der Waals surface area contributed by atoms with Crippen LogP contribution in [0.2, 0.25) is 0 Å². The van der Waals surface area contributed by atoms with E-state index in [2.05, 4.69) is 16.0 Å². The van der Waals surface area contributed by atoms with Gasteiger partial charge in [0.25, 0.3) is 5.91 Å². The summed E-state index contributed by atoms with van der Waals surface area (Å²) >= 11 is 0. The number of nitrogens with two attached hydrogens (primary N) is 1. The van der Waals surface area contributed by atoms with Crippen LogP contribution in [0.1, 0.15) is 52.1 Å². The molecule has 0 aliphatic heterocycles. The first kappa shape index (κ1) is 33.4. The van der Waals surface area contributed by atoms with Gasteiger partial charge >= 0.3 is 5.97 Å². The lowest BCUT2D eigenvalue weighted by atomic mass is 9.97. The van der Waals surface area contributed by atoms with Crippen molar-refractivity contribution < 1.29 is 39.9 Å². The Labute approximate surface area is 223 Å². The number of aliphatic carboxylic acids is 1. The molecular weight excluding hydrogens is 496 g/mol. The van der Waals surface area contributed by atoms with E-state index in [1.54, 1.807) is 30.3 Å². The Morgan fingerprint density at radius 2 is 1.53 bits per heavy atom. The van der Waals surface area contributed by atoms with Gasteiger partial charge in [-0.1, -0.05) is 58.0 Å². The molecule has 0 saturated carbocycles. The quantitative estimate of drug-likeness (QED) is 0.116. The average molecular weight is 541 g/mol. The van der Waals surface area contributed by atoms with Gasteiger partial charge in [-0.25, -0.2) is 0 Å². The Morgan fingerprint density at radius 1 is 0.921 bits per heavy atom. The van der Waals surface area contributed by atoms with Gasteiger partial charge in [-0.05, 0) is 23.8 Å². The molecule has 10 N–H and O–H groups in total. The minimum atomic E-state index is -2.18. The van der Waals surface area contributed by atoms with E-state index >= 15 is 0 Å². The Balaban J connectivity index is 2.90. The third-order valence-corrected chi connectivity index (χ3v) is 6.26. The number of hydrogen-bond donors (Lipinski definition) is 9. The first-order valence-corrected chi connectivity index (χ1v) is 12.8. The molecule has 1 rings (SSSR count). The second kappa shape index (κ2) is 16.4. The summed E-state index contributed by atoms with van der Waals surface area (Å²) in [4.78, 5) is 36.8. The normalized spacial score (nSPS) is 17.2. The third kappa shape index (κ3) is 11.0. The summed E-state index contributed by atoms with van der Waals surface area (Å²) in [6, 6.07) is 4.89. The first-order chi connectivity index (χ1) is 17.8. The molecule has 38 heavy (non-hydrogen) atoms. The van der Waals surface area contributed by atoms with Crippen molar-refractivity contribution in [1.82, 2.24) is 16.0 Å². The van der Waals surface area contributed by atoms with Crippen LogP contribution < -0.4 is 21.7 Å². The Kier molecular flexibility index (Phi) is 14.4. The molecule has 1 aromatic carbocycles. The van der Waals surface area contributed by atoms with Crippen LogP contribution >= 0.6 is 0 Å². The largest absolute Gasteiger partial charge is 0.481 e. The van der Waals surface area contributed by atoms with Crippen LogP contribution in [-0.2, 0) is 14.4 Å². The van der Waals surface area contributed by atoms with Gasteiger partial charge in [-0.2, -0.15) is 0 Å². The fraction of sp³-hybridized carbons (Fsp3) is 0.654. The molecule has 0 heterocycles. The van der Waals surface area contributed by atoms with Crippen molar-refractivity contribution in [3.63, 3.8) is 0 Å². The number of carbonyl (C=O) groups excluding carboxylic acids is 2. The maximum Gasteiger partial charge on any atom is 0.305 e. The molecule has 2 amide bonds. The monoisotopic (exact) mass is 540 g/mol. The summed E-state index contributed by atoms with van der Waals surface area (Å²) in [7, 11) is 0. The summed E-state index contributed by atoms with van der Waals surface area (Å²) < 4.78 is 0. The zero-order valence-electron chi connectivity index (χ0n) is 22.4. The lowest BCUT2D eigenvalue weighted by Gasteiger charge is -2.31. The highest BCUT2D eigenvalue weighted by atomic mass is 16.4. The van der Waals surface area contributed by atoms with E-state index in [-0.39, 0.29) is 17.9 Å². The van der Waals surface area contributed by atoms with Crippen molar-refractivity contribution in [3.05, 3.63) is 35.9 Å². The number of nitrogens with one attached hydrogen (secondary N) is 3. The van der Waals surface area contributed by atoms with Crippen molar-refractivity contribution in [2.45, 2.75) is 83.0 Å². The van der Waals surface area contributed by atoms with E-state index in [1.165, 1.54) is 0 Å². The maximum absolute atomic E-state index is 13.0. The predicted molar refractivity (Wildman–Crippen MR) is 141 cm³/mol. The fourth-order valence-electron chi connectivity index (χ4n) is 3.74. The number of amides is 2. The van der Waals surface area contributed by atoms with Crippen LogP contribution in [0.5, 0.6) is 0 Å². The van der Waals surface area contributed by atoms with Crippen molar-refractivity contribution in [2.75, 3.05) is 13.2 Å². The van der Waals surface area contributed by atoms with E-state index in [0.717, 1.165) is 0 Å². The maximum atomic E-state index is 13.0. The van der Waals surface area contributed by atoms with E-state index in [0.29, 0.717) is 18.5 Å². The zero-order chi connectivity index (χ0) is 29.0. The van der Waals surface area contributed by atoms with E-state index < -0.39 is 67.2 Å². The minimum absolute atomic E-state index is 0.130. The SMILES string of the molecule is CC(C)CC(NCC(N)C(C)C)C(=O)NC(CO)C(O)C(O)C(O)C(=O)NC(CC(=O)O)c1ccccc1. The number of carbonyl (C=O) groups is 3. The average Bonchev–Trinajstić information content (AvgIpc) is 2.87. The third-order valence-electron chi connectivity index (χ3n) is 6.26. The van der Waals surface area contributed by atoms with E-state index in [1.807, 2.05) is 27.7 Å². The molecule has 12 heteroatoms. The molecule has 0 spiro atoms. The molecule has 7 unspecified atom stereocenters. The smallest absolute Gasteiger partial charge is 0.305 e. The van der Waals surface area contributed by atoms with Gasteiger partial charge in [-0.3, -0.25) is 14.4 Å². The molecule has 0 aromatic heterocycles. The van der Waals surface area contributed by atoms with E-state index in [4.69, 9.17) is 5.73 Å². The molecule has 0 aliphatic carbocycles. The second-order valence-electron chi connectivity index (χ2n) is 10.3. The number of aliphatic hydroxyl groups excluding tert-OH is 4. The fourth-order valence-corrected chi connectivity index (χ4v) is 3.74. The molecule has 7 atom stereocenters. The van der Waals surface area contributed by atoms with Crippen LogP contribution in [-0.4, -0.2) is 92.9 Å². The summed E-state index contributed by atoms with van der Waals surface area (Å²) in [6.07, 6.45) is -6.24. The highest BCUT2D eigenvalue weighted by Gasteiger charge is 2.37. The first-order valence-electron chi connectivity index (χ1n) is 12.8. The predicted octanol–water partition coefficient (Wildman–Crippen LogP) is -1.13. The molecule has 0 bridgehead atoms. The van der Waals surface area contributed by atoms with Gasteiger partial charge in [0.15, 0.2) is 6.10 Å². The Bertz CT molecular complexity index is 870. The molecule has 1 aromatic rings. The van der Waals surface area contributed by atoms with Crippen LogP contribution in [0.4, 0.5) is 0 Å². The summed E-state index contributed by atoms with van der Waals surface area (Å²) in [5.74, 6) is -2.57. The van der Waals surface area contributed by atoms with Gasteiger partial charge in [0, 0.05) is 12.6 Å².